The van der Waals surface area contributed by atoms with Crippen LogP contribution in [0.5, 0.6) is 0 Å². The molecule has 0 unspecified atom stereocenters. The summed E-state index contributed by atoms with van der Waals surface area (Å²) in [6, 6.07) is 10.5. The second kappa shape index (κ2) is 4.55. The summed E-state index contributed by atoms with van der Waals surface area (Å²) in [4.78, 5) is 12.1. The molecule has 4 heteroatoms. The number of nitrogen functional groups attached to an aromatic ring is 1. The summed E-state index contributed by atoms with van der Waals surface area (Å²) < 4.78 is 13.6. The Morgan fingerprint density at radius 1 is 1.18 bits per heavy atom. The van der Waals surface area contributed by atoms with Gasteiger partial charge in [-0.2, -0.15) is 0 Å². The third-order valence-electron chi connectivity index (χ3n) is 2.36. The zero-order valence-corrected chi connectivity index (χ0v) is 9.54. The summed E-state index contributed by atoms with van der Waals surface area (Å²) in [6.07, 6.45) is 0. The maximum Gasteiger partial charge on any atom is 0.198 e. The average molecular weight is 250 g/mol. The first-order valence-corrected chi connectivity index (χ1v) is 5.31. The van der Waals surface area contributed by atoms with Crippen molar-refractivity contribution in [2.75, 3.05) is 5.73 Å². The van der Waals surface area contributed by atoms with E-state index >= 15 is 0 Å². The summed E-state index contributed by atoms with van der Waals surface area (Å²) in [5, 5.41) is 0.422. The van der Waals surface area contributed by atoms with Crippen molar-refractivity contribution in [1.29, 1.82) is 0 Å². The topological polar surface area (TPSA) is 43.1 Å². The van der Waals surface area contributed by atoms with Gasteiger partial charge in [-0.15, -0.1) is 0 Å². The van der Waals surface area contributed by atoms with Gasteiger partial charge in [-0.1, -0.05) is 29.8 Å². The number of nitrogens with two attached hydrogens (primary N) is 1. The lowest BCUT2D eigenvalue weighted by Gasteiger charge is -2.06. The Hall–Kier alpha value is -1.87. The van der Waals surface area contributed by atoms with Crippen LogP contribution in [0.4, 0.5) is 10.1 Å². The SMILES string of the molecule is Nc1cccc(F)c1C(=O)c1cccc(Cl)c1. The predicted molar refractivity (Wildman–Crippen MR) is 65.7 cm³/mol. The molecular formula is C13H9ClFNO. The van der Waals surface area contributed by atoms with Crippen molar-refractivity contribution in [3.8, 4) is 0 Å². The Labute approximate surface area is 103 Å². The largest absolute Gasteiger partial charge is 0.398 e. The molecule has 0 heterocycles. The van der Waals surface area contributed by atoms with Gasteiger partial charge in [-0.3, -0.25) is 4.79 Å². The highest BCUT2D eigenvalue weighted by atomic mass is 35.5. The van der Waals surface area contributed by atoms with Gasteiger partial charge < -0.3 is 5.73 Å². The standard InChI is InChI=1S/C13H9ClFNO/c14-9-4-1-3-8(7-9)13(17)12-10(15)5-2-6-11(12)16/h1-7H,16H2. The Morgan fingerprint density at radius 2 is 1.88 bits per heavy atom. The Kier molecular flexibility index (Phi) is 3.11. The van der Waals surface area contributed by atoms with E-state index in [9.17, 15) is 9.18 Å². The van der Waals surface area contributed by atoms with Gasteiger partial charge in [-0.05, 0) is 24.3 Å². The van der Waals surface area contributed by atoms with Crippen LogP contribution in [0.1, 0.15) is 15.9 Å². The monoisotopic (exact) mass is 249 g/mol. The van der Waals surface area contributed by atoms with E-state index in [0.29, 0.717) is 10.6 Å². The smallest absolute Gasteiger partial charge is 0.198 e. The molecule has 2 N–H and O–H groups in total. The summed E-state index contributed by atoms with van der Waals surface area (Å²) in [5.74, 6) is -1.10. The van der Waals surface area contributed by atoms with E-state index in [0.717, 1.165) is 0 Å². The first-order valence-electron chi connectivity index (χ1n) is 4.94. The molecule has 0 radical (unpaired) electrons. The molecule has 0 aliphatic carbocycles. The number of carbonyl (C=O) groups is 1. The summed E-state index contributed by atoms with van der Waals surface area (Å²) in [7, 11) is 0. The van der Waals surface area contributed by atoms with Crippen LogP contribution in [0.25, 0.3) is 0 Å². The summed E-state index contributed by atoms with van der Waals surface area (Å²) >= 11 is 5.78. The van der Waals surface area contributed by atoms with E-state index in [1.54, 1.807) is 18.2 Å². The Morgan fingerprint density at radius 3 is 2.53 bits per heavy atom. The van der Waals surface area contributed by atoms with E-state index in [1.807, 2.05) is 0 Å². The maximum atomic E-state index is 13.6. The third kappa shape index (κ3) is 2.29. The molecule has 0 saturated heterocycles. The molecule has 2 aromatic carbocycles. The van der Waals surface area contributed by atoms with Crippen LogP contribution in [-0.2, 0) is 0 Å². The van der Waals surface area contributed by atoms with E-state index in [-0.39, 0.29) is 11.3 Å². The molecule has 2 rings (SSSR count). The molecule has 0 bridgehead atoms. The van der Waals surface area contributed by atoms with Crippen molar-refractivity contribution in [3.63, 3.8) is 0 Å². The van der Waals surface area contributed by atoms with Crippen LogP contribution in [0.2, 0.25) is 5.02 Å². The molecule has 0 amide bonds. The van der Waals surface area contributed by atoms with Crippen LogP contribution in [0.3, 0.4) is 0 Å². The van der Waals surface area contributed by atoms with Crippen molar-refractivity contribution in [1.82, 2.24) is 0 Å². The predicted octanol–water partition coefficient (Wildman–Crippen LogP) is 3.29. The number of hydrogen-bond donors (Lipinski definition) is 1. The zero-order valence-electron chi connectivity index (χ0n) is 8.78. The molecule has 0 fully saturated rings. The quantitative estimate of drug-likeness (QED) is 0.656. The highest BCUT2D eigenvalue weighted by Gasteiger charge is 2.16. The van der Waals surface area contributed by atoms with Gasteiger partial charge in [0, 0.05) is 16.3 Å². The fourth-order valence-electron chi connectivity index (χ4n) is 1.55. The highest BCUT2D eigenvalue weighted by Crippen LogP contribution is 2.21. The number of benzene rings is 2. The molecule has 0 atom stereocenters. The molecule has 0 saturated carbocycles. The van der Waals surface area contributed by atoms with E-state index in [1.165, 1.54) is 24.3 Å². The van der Waals surface area contributed by atoms with Crippen molar-refractivity contribution >= 4 is 23.1 Å². The third-order valence-corrected chi connectivity index (χ3v) is 2.59. The molecular weight excluding hydrogens is 241 g/mol. The lowest BCUT2D eigenvalue weighted by atomic mass is 10.0. The van der Waals surface area contributed by atoms with Crippen LogP contribution in [0, 0.1) is 5.82 Å². The minimum atomic E-state index is -0.630. The van der Waals surface area contributed by atoms with Crippen molar-refractivity contribution < 1.29 is 9.18 Å². The number of ketones is 1. The maximum absolute atomic E-state index is 13.6. The van der Waals surface area contributed by atoms with Crippen LogP contribution < -0.4 is 5.73 Å². The summed E-state index contributed by atoms with van der Waals surface area (Å²) in [6.45, 7) is 0. The van der Waals surface area contributed by atoms with E-state index in [2.05, 4.69) is 0 Å². The number of anilines is 1. The fourth-order valence-corrected chi connectivity index (χ4v) is 1.74. The molecule has 0 aliphatic heterocycles. The minimum Gasteiger partial charge on any atom is -0.398 e. The lowest BCUT2D eigenvalue weighted by Crippen LogP contribution is -2.08. The van der Waals surface area contributed by atoms with Crippen molar-refractivity contribution in [3.05, 3.63) is 64.4 Å². The van der Waals surface area contributed by atoms with Gasteiger partial charge >= 0.3 is 0 Å². The lowest BCUT2D eigenvalue weighted by molar-refractivity contribution is 0.103. The van der Waals surface area contributed by atoms with E-state index < -0.39 is 11.6 Å². The van der Waals surface area contributed by atoms with Gasteiger partial charge in [-0.25, -0.2) is 4.39 Å². The van der Waals surface area contributed by atoms with E-state index in [4.69, 9.17) is 17.3 Å². The minimum absolute atomic E-state index is 0.116. The van der Waals surface area contributed by atoms with Crippen LogP contribution in [0.15, 0.2) is 42.5 Å². The molecule has 2 nitrogen and oxygen atoms in total. The molecule has 86 valence electrons. The molecule has 0 aromatic heterocycles. The second-order valence-corrected chi connectivity index (χ2v) is 3.98. The Bertz CT molecular complexity index is 563. The molecule has 0 aliphatic rings. The fraction of sp³-hybridized carbons (Fsp3) is 0. The van der Waals surface area contributed by atoms with Gasteiger partial charge in [0.2, 0.25) is 0 Å². The van der Waals surface area contributed by atoms with Crippen LogP contribution >= 0.6 is 11.6 Å². The Balaban J connectivity index is 2.51. The number of hydrogen-bond acceptors (Lipinski definition) is 2. The normalized spacial score (nSPS) is 10.2. The van der Waals surface area contributed by atoms with Crippen molar-refractivity contribution in [2.24, 2.45) is 0 Å². The summed E-state index contributed by atoms with van der Waals surface area (Å²) in [5.41, 5.74) is 5.92. The van der Waals surface area contributed by atoms with Gasteiger partial charge in [0.25, 0.3) is 0 Å². The zero-order chi connectivity index (χ0) is 12.4. The highest BCUT2D eigenvalue weighted by molar-refractivity contribution is 6.31. The van der Waals surface area contributed by atoms with Gasteiger partial charge in [0.15, 0.2) is 5.78 Å². The number of carbonyl (C=O) groups excluding carboxylic acids is 1. The van der Waals surface area contributed by atoms with Gasteiger partial charge in [0.1, 0.15) is 5.82 Å². The average Bonchev–Trinajstić information content (AvgIpc) is 2.28. The van der Waals surface area contributed by atoms with Crippen molar-refractivity contribution in [2.45, 2.75) is 0 Å². The molecule has 2 aromatic rings. The number of halogens is 2. The second-order valence-electron chi connectivity index (χ2n) is 3.54. The number of rotatable bonds is 2. The first-order chi connectivity index (χ1) is 8.09. The molecule has 0 spiro atoms. The van der Waals surface area contributed by atoms with Crippen LogP contribution in [-0.4, -0.2) is 5.78 Å². The van der Waals surface area contributed by atoms with Gasteiger partial charge in [0.05, 0.1) is 5.56 Å². The molecule has 17 heavy (non-hydrogen) atoms. The first kappa shape index (κ1) is 11.6.